The van der Waals surface area contributed by atoms with Gasteiger partial charge in [-0.3, -0.25) is 0 Å². The lowest BCUT2D eigenvalue weighted by Gasteiger charge is -2.26. The number of nitrogens with one attached hydrogen (secondary N) is 1. The average molecular weight is 420 g/mol. The van der Waals surface area contributed by atoms with Gasteiger partial charge in [-0.1, -0.05) is 80.9 Å². The highest BCUT2D eigenvalue weighted by Crippen LogP contribution is 2.35. The lowest BCUT2D eigenvalue weighted by atomic mass is 9.80. The molecule has 3 heteroatoms. The smallest absolute Gasteiger partial charge is 0.112 e. The summed E-state index contributed by atoms with van der Waals surface area (Å²) in [5, 5.41) is 3.73. The van der Waals surface area contributed by atoms with Crippen LogP contribution >= 0.6 is 0 Å². The minimum atomic E-state index is 0.0935. The summed E-state index contributed by atoms with van der Waals surface area (Å²) in [5.74, 6) is 1.57. The van der Waals surface area contributed by atoms with Gasteiger partial charge in [0.05, 0.1) is 11.2 Å². The van der Waals surface area contributed by atoms with Crippen molar-refractivity contribution in [2.24, 2.45) is 0 Å². The Bertz CT molecular complexity index is 1010. The number of benzene rings is 2. The Labute approximate surface area is 189 Å². The van der Waals surface area contributed by atoms with Crippen LogP contribution in [0.5, 0.6) is 0 Å². The van der Waals surface area contributed by atoms with Gasteiger partial charge >= 0.3 is 0 Å². The Balaban J connectivity index is 2.11. The monoisotopic (exact) mass is 419 g/mol. The predicted molar refractivity (Wildman–Crippen MR) is 136 cm³/mol. The van der Waals surface area contributed by atoms with Crippen LogP contribution in [0.1, 0.15) is 98.0 Å². The lowest BCUT2D eigenvalue weighted by molar-refractivity contribution is 0.569. The maximum atomic E-state index is 5.10. The molecule has 3 nitrogen and oxygen atoms in total. The summed E-state index contributed by atoms with van der Waals surface area (Å²) in [5.41, 5.74) is 7.41. The number of hydrogen-bond acceptors (Lipinski definition) is 2. The van der Waals surface area contributed by atoms with Gasteiger partial charge in [-0.05, 0) is 52.6 Å². The summed E-state index contributed by atoms with van der Waals surface area (Å²) in [7, 11) is 0. The largest absolute Gasteiger partial charge is 0.354 e. The van der Waals surface area contributed by atoms with Crippen LogP contribution in [-0.4, -0.2) is 9.55 Å². The van der Waals surface area contributed by atoms with E-state index in [0.717, 1.165) is 23.4 Å². The maximum absolute atomic E-state index is 5.10. The third kappa shape index (κ3) is 5.14. The molecule has 0 fully saturated rings. The van der Waals surface area contributed by atoms with E-state index in [0.29, 0.717) is 5.92 Å². The number of rotatable bonds is 6. The molecular formula is C28H41N3. The Kier molecular flexibility index (Phi) is 6.55. The summed E-state index contributed by atoms with van der Waals surface area (Å²) in [6, 6.07) is 13.5. The van der Waals surface area contributed by atoms with Crippen LogP contribution in [0.3, 0.4) is 0 Å². The van der Waals surface area contributed by atoms with Crippen LogP contribution in [0.15, 0.2) is 36.4 Å². The SMILES string of the molecule is CCCCn1c(C(C)C)nc2c(Nc3cc(C(C)(C)C)cc(C(C)(C)C)c3)cccc21. The number of fused-ring (bicyclic) bond motifs is 1. The van der Waals surface area contributed by atoms with Gasteiger partial charge in [-0.15, -0.1) is 0 Å². The van der Waals surface area contributed by atoms with Crippen molar-refractivity contribution < 1.29 is 0 Å². The average Bonchev–Trinajstić information content (AvgIpc) is 3.04. The summed E-state index contributed by atoms with van der Waals surface area (Å²) in [6.45, 7) is 21.4. The first-order chi connectivity index (χ1) is 14.4. The first-order valence-electron chi connectivity index (χ1n) is 11.8. The van der Waals surface area contributed by atoms with E-state index in [2.05, 4.69) is 109 Å². The molecule has 0 aliphatic rings. The molecule has 0 saturated heterocycles. The van der Waals surface area contributed by atoms with E-state index in [1.165, 1.54) is 35.3 Å². The summed E-state index contributed by atoms with van der Waals surface area (Å²) >= 11 is 0. The van der Waals surface area contributed by atoms with Gasteiger partial charge in [0, 0.05) is 18.2 Å². The van der Waals surface area contributed by atoms with Gasteiger partial charge in [-0.25, -0.2) is 4.98 Å². The van der Waals surface area contributed by atoms with Gasteiger partial charge in [-0.2, -0.15) is 0 Å². The van der Waals surface area contributed by atoms with E-state index in [9.17, 15) is 0 Å². The molecule has 0 bridgehead atoms. The number of anilines is 2. The zero-order valence-electron chi connectivity index (χ0n) is 21.1. The van der Waals surface area contributed by atoms with Gasteiger partial charge in [0.15, 0.2) is 0 Å². The molecule has 0 aliphatic carbocycles. The second kappa shape index (κ2) is 8.68. The molecule has 0 aliphatic heterocycles. The van der Waals surface area contributed by atoms with E-state index < -0.39 is 0 Å². The molecule has 0 radical (unpaired) electrons. The Morgan fingerprint density at radius 3 is 2.06 bits per heavy atom. The van der Waals surface area contributed by atoms with Crippen molar-refractivity contribution >= 4 is 22.4 Å². The molecular weight excluding hydrogens is 378 g/mol. The zero-order valence-corrected chi connectivity index (χ0v) is 21.1. The van der Waals surface area contributed by atoms with Crippen LogP contribution in [-0.2, 0) is 17.4 Å². The molecule has 0 amide bonds. The number of aryl methyl sites for hydroxylation is 1. The normalized spacial score (nSPS) is 12.7. The number of aromatic nitrogens is 2. The van der Waals surface area contributed by atoms with Crippen LogP contribution in [0.4, 0.5) is 11.4 Å². The highest BCUT2D eigenvalue weighted by molar-refractivity contribution is 5.91. The van der Waals surface area contributed by atoms with Crippen molar-refractivity contribution in [3.05, 3.63) is 53.3 Å². The first-order valence-corrected chi connectivity index (χ1v) is 11.8. The number of nitrogens with zero attached hydrogens (tertiary/aromatic N) is 2. The number of para-hydroxylation sites is 1. The van der Waals surface area contributed by atoms with E-state index in [4.69, 9.17) is 4.98 Å². The third-order valence-corrected chi connectivity index (χ3v) is 6.00. The van der Waals surface area contributed by atoms with Crippen LogP contribution in [0.2, 0.25) is 0 Å². The highest BCUT2D eigenvalue weighted by atomic mass is 15.1. The molecule has 168 valence electrons. The summed E-state index contributed by atoms with van der Waals surface area (Å²) in [6.07, 6.45) is 2.36. The van der Waals surface area contributed by atoms with Crippen LogP contribution in [0.25, 0.3) is 11.0 Å². The minimum Gasteiger partial charge on any atom is -0.354 e. The Morgan fingerprint density at radius 2 is 1.55 bits per heavy atom. The van der Waals surface area contributed by atoms with Crippen molar-refractivity contribution in [3.8, 4) is 0 Å². The van der Waals surface area contributed by atoms with Crippen molar-refractivity contribution in [3.63, 3.8) is 0 Å². The number of unbranched alkanes of at least 4 members (excludes halogenated alkanes) is 1. The molecule has 0 unspecified atom stereocenters. The highest BCUT2D eigenvalue weighted by Gasteiger charge is 2.21. The van der Waals surface area contributed by atoms with Crippen molar-refractivity contribution in [1.29, 1.82) is 0 Å². The minimum absolute atomic E-state index is 0.0935. The zero-order chi connectivity index (χ0) is 23.0. The van der Waals surface area contributed by atoms with Gasteiger partial charge in [0.25, 0.3) is 0 Å². The van der Waals surface area contributed by atoms with Gasteiger partial charge in [0.1, 0.15) is 11.3 Å². The lowest BCUT2D eigenvalue weighted by Crippen LogP contribution is -2.16. The van der Waals surface area contributed by atoms with Crippen LogP contribution < -0.4 is 5.32 Å². The van der Waals surface area contributed by atoms with E-state index >= 15 is 0 Å². The summed E-state index contributed by atoms with van der Waals surface area (Å²) < 4.78 is 2.42. The second-order valence-corrected chi connectivity index (χ2v) is 11.2. The fraction of sp³-hybridized carbons (Fsp3) is 0.536. The second-order valence-electron chi connectivity index (χ2n) is 11.2. The summed E-state index contributed by atoms with van der Waals surface area (Å²) in [4.78, 5) is 5.10. The van der Waals surface area contributed by atoms with E-state index in [1.54, 1.807) is 0 Å². The van der Waals surface area contributed by atoms with Crippen molar-refractivity contribution in [1.82, 2.24) is 9.55 Å². The predicted octanol–water partition coefficient (Wildman–Crippen LogP) is 8.30. The van der Waals surface area contributed by atoms with Gasteiger partial charge in [0.2, 0.25) is 0 Å². The standard InChI is InChI=1S/C28H41N3/c1-10-11-15-31-24-14-12-13-23(25(24)30-26(31)19(2)3)29-22-17-20(27(4,5)6)16-21(18-22)28(7,8)9/h12-14,16-19,29H,10-11,15H2,1-9H3. The maximum Gasteiger partial charge on any atom is 0.112 e. The molecule has 0 spiro atoms. The number of hydrogen-bond donors (Lipinski definition) is 1. The van der Waals surface area contributed by atoms with Crippen LogP contribution in [0, 0.1) is 0 Å². The molecule has 31 heavy (non-hydrogen) atoms. The molecule has 1 aromatic heterocycles. The Hall–Kier alpha value is -2.29. The fourth-order valence-corrected chi connectivity index (χ4v) is 3.98. The van der Waals surface area contributed by atoms with Gasteiger partial charge < -0.3 is 9.88 Å². The molecule has 0 saturated carbocycles. The molecule has 0 atom stereocenters. The topological polar surface area (TPSA) is 29.9 Å². The molecule has 1 N–H and O–H groups in total. The molecule has 3 aromatic rings. The fourth-order valence-electron chi connectivity index (χ4n) is 3.98. The molecule has 3 rings (SSSR count). The third-order valence-electron chi connectivity index (χ3n) is 6.00. The molecule has 2 aromatic carbocycles. The van der Waals surface area contributed by atoms with E-state index in [-0.39, 0.29) is 10.8 Å². The first kappa shape index (κ1) is 23.4. The Morgan fingerprint density at radius 1 is 0.935 bits per heavy atom. The van der Waals surface area contributed by atoms with E-state index in [1.807, 2.05) is 0 Å². The number of imidazole rings is 1. The van der Waals surface area contributed by atoms with Crippen molar-refractivity contribution in [2.75, 3.05) is 5.32 Å². The quantitative estimate of drug-likeness (QED) is 0.435. The molecule has 1 heterocycles. The van der Waals surface area contributed by atoms with Crippen molar-refractivity contribution in [2.45, 2.75) is 98.4 Å².